The molecule has 0 aliphatic heterocycles. The quantitative estimate of drug-likeness (QED) is 0.883. The third-order valence-electron chi connectivity index (χ3n) is 6.49. The van der Waals surface area contributed by atoms with Crippen LogP contribution in [0.3, 0.4) is 0 Å². The van der Waals surface area contributed by atoms with Gasteiger partial charge >= 0.3 is 0 Å². The number of aromatic nitrogens is 2. The molecule has 0 saturated heterocycles. The maximum absolute atomic E-state index is 6.88. The second-order valence-electron chi connectivity index (χ2n) is 8.31. The molecule has 3 atom stereocenters. The van der Waals surface area contributed by atoms with Crippen LogP contribution >= 0.6 is 15.9 Å². The molecular formula is C17H26BrN3. The molecule has 0 amide bonds. The normalized spacial score (nSPS) is 42.5. The summed E-state index contributed by atoms with van der Waals surface area (Å²) >= 11 is 3.69. The van der Waals surface area contributed by atoms with E-state index in [1.54, 1.807) is 0 Å². The summed E-state index contributed by atoms with van der Waals surface area (Å²) in [7, 11) is 0. The second-order valence-corrected chi connectivity index (χ2v) is 9.16. The van der Waals surface area contributed by atoms with Crippen molar-refractivity contribution in [2.75, 3.05) is 0 Å². The topological polar surface area (TPSA) is 43.8 Å². The van der Waals surface area contributed by atoms with E-state index in [1.165, 1.54) is 44.2 Å². The van der Waals surface area contributed by atoms with E-state index in [9.17, 15) is 0 Å². The van der Waals surface area contributed by atoms with Crippen molar-refractivity contribution >= 4 is 15.9 Å². The van der Waals surface area contributed by atoms with Gasteiger partial charge in [0.2, 0.25) is 0 Å². The Morgan fingerprint density at radius 1 is 1.38 bits per heavy atom. The highest BCUT2D eigenvalue weighted by atomic mass is 79.9. The Morgan fingerprint density at radius 3 is 2.62 bits per heavy atom. The molecule has 4 bridgehead atoms. The molecule has 4 aliphatic rings. The van der Waals surface area contributed by atoms with E-state index < -0.39 is 0 Å². The van der Waals surface area contributed by atoms with Crippen LogP contribution in [0.15, 0.2) is 10.7 Å². The van der Waals surface area contributed by atoms with Crippen LogP contribution in [0.5, 0.6) is 0 Å². The van der Waals surface area contributed by atoms with Crippen LogP contribution in [-0.4, -0.2) is 9.78 Å². The third kappa shape index (κ3) is 2.05. The highest BCUT2D eigenvalue weighted by molar-refractivity contribution is 9.10. The van der Waals surface area contributed by atoms with E-state index in [0.717, 1.165) is 22.9 Å². The minimum atomic E-state index is 0.125. The van der Waals surface area contributed by atoms with Crippen LogP contribution in [0.4, 0.5) is 0 Å². The van der Waals surface area contributed by atoms with Crippen molar-refractivity contribution < 1.29 is 0 Å². The number of hydrogen-bond donors (Lipinski definition) is 1. The van der Waals surface area contributed by atoms with E-state index in [2.05, 4.69) is 39.6 Å². The Bertz CT molecular complexity index is 550. The summed E-state index contributed by atoms with van der Waals surface area (Å²) in [5.74, 6) is 1.83. The fourth-order valence-electron chi connectivity index (χ4n) is 6.39. The monoisotopic (exact) mass is 351 g/mol. The van der Waals surface area contributed by atoms with E-state index in [-0.39, 0.29) is 6.04 Å². The Hall–Kier alpha value is -0.350. The molecule has 116 valence electrons. The van der Waals surface area contributed by atoms with Crippen molar-refractivity contribution in [3.05, 3.63) is 16.4 Å². The van der Waals surface area contributed by atoms with Crippen molar-refractivity contribution in [2.24, 2.45) is 28.4 Å². The Balaban J connectivity index is 1.73. The second kappa shape index (κ2) is 4.58. The molecule has 4 heteroatoms. The summed E-state index contributed by atoms with van der Waals surface area (Å²) in [5, 5.41) is 4.49. The Kier molecular flexibility index (Phi) is 3.11. The zero-order chi connectivity index (χ0) is 14.8. The summed E-state index contributed by atoms with van der Waals surface area (Å²) in [6.07, 6.45) is 10.2. The zero-order valence-electron chi connectivity index (χ0n) is 13.1. The largest absolute Gasteiger partial charge is 0.322 e. The SMILES string of the molecule is CCn1ncc(Br)c1C(N)C12CC3CC(CC(C)(C3)C1)C2. The first-order valence-electron chi connectivity index (χ1n) is 8.41. The van der Waals surface area contributed by atoms with E-state index in [1.807, 2.05) is 6.20 Å². The zero-order valence-corrected chi connectivity index (χ0v) is 14.7. The number of hydrogen-bond acceptors (Lipinski definition) is 2. The van der Waals surface area contributed by atoms with Crippen LogP contribution in [0, 0.1) is 22.7 Å². The van der Waals surface area contributed by atoms with Gasteiger partial charge in [-0.2, -0.15) is 5.10 Å². The molecule has 4 fully saturated rings. The van der Waals surface area contributed by atoms with Crippen LogP contribution < -0.4 is 5.73 Å². The highest BCUT2D eigenvalue weighted by Crippen LogP contribution is 2.68. The maximum Gasteiger partial charge on any atom is 0.0699 e. The first-order valence-corrected chi connectivity index (χ1v) is 9.21. The van der Waals surface area contributed by atoms with Gasteiger partial charge in [0.1, 0.15) is 0 Å². The fourth-order valence-corrected chi connectivity index (χ4v) is 6.93. The fraction of sp³-hybridized carbons (Fsp3) is 0.824. The number of rotatable bonds is 3. The molecule has 1 heterocycles. The van der Waals surface area contributed by atoms with Gasteiger partial charge in [-0.05, 0) is 84.0 Å². The maximum atomic E-state index is 6.88. The van der Waals surface area contributed by atoms with Crippen molar-refractivity contribution in [3.63, 3.8) is 0 Å². The average molecular weight is 352 g/mol. The molecule has 4 aliphatic carbocycles. The first kappa shape index (κ1) is 14.3. The predicted octanol–water partition coefficient (Wildman–Crippen LogP) is 4.27. The summed E-state index contributed by atoms with van der Waals surface area (Å²) in [5.41, 5.74) is 8.97. The molecule has 1 aromatic rings. The number of aryl methyl sites for hydroxylation is 1. The summed E-state index contributed by atoms with van der Waals surface area (Å²) in [6, 6.07) is 0.125. The number of nitrogens with zero attached hydrogens (tertiary/aromatic N) is 2. The summed E-state index contributed by atoms with van der Waals surface area (Å²) < 4.78 is 3.19. The molecule has 0 radical (unpaired) electrons. The molecule has 2 N–H and O–H groups in total. The van der Waals surface area contributed by atoms with Crippen LogP contribution in [0.2, 0.25) is 0 Å². The Morgan fingerprint density at radius 2 is 2.05 bits per heavy atom. The van der Waals surface area contributed by atoms with Gasteiger partial charge in [-0.25, -0.2) is 0 Å². The lowest BCUT2D eigenvalue weighted by atomic mass is 9.43. The first-order chi connectivity index (χ1) is 9.95. The van der Waals surface area contributed by atoms with Crippen molar-refractivity contribution in [2.45, 2.75) is 65.0 Å². The lowest BCUT2D eigenvalue weighted by Crippen LogP contribution is -2.54. The lowest BCUT2D eigenvalue weighted by Gasteiger charge is -2.63. The van der Waals surface area contributed by atoms with E-state index >= 15 is 0 Å². The molecule has 3 nitrogen and oxygen atoms in total. The van der Waals surface area contributed by atoms with Gasteiger partial charge in [-0.1, -0.05) is 6.92 Å². The third-order valence-corrected chi connectivity index (χ3v) is 7.10. The molecule has 4 saturated carbocycles. The standard InChI is InChI=1S/C17H26BrN3/c1-3-21-14(13(18)9-20-21)15(19)17-7-11-4-12(8-17)6-16(2,5-11)10-17/h9,11-12,15H,3-8,10,19H2,1-2H3. The number of halogens is 1. The van der Waals surface area contributed by atoms with Crippen LogP contribution in [0.1, 0.15) is 64.1 Å². The molecule has 5 rings (SSSR count). The average Bonchev–Trinajstić information content (AvgIpc) is 2.76. The molecular weight excluding hydrogens is 326 g/mol. The molecule has 0 spiro atoms. The van der Waals surface area contributed by atoms with Crippen molar-refractivity contribution in [1.29, 1.82) is 0 Å². The van der Waals surface area contributed by atoms with Gasteiger partial charge in [0.15, 0.2) is 0 Å². The molecule has 21 heavy (non-hydrogen) atoms. The van der Waals surface area contributed by atoms with Gasteiger partial charge in [0.25, 0.3) is 0 Å². The van der Waals surface area contributed by atoms with Crippen LogP contribution in [0.25, 0.3) is 0 Å². The van der Waals surface area contributed by atoms with Crippen LogP contribution in [-0.2, 0) is 6.54 Å². The smallest absolute Gasteiger partial charge is 0.0699 e. The predicted molar refractivity (Wildman–Crippen MR) is 87.8 cm³/mol. The lowest BCUT2D eigenvalue weighted by molar-refractivity contribution is -0.114. The Labute approximate surface area is 135 Å². The van der Waals surface area contributed by atoms with Gasteiger partial charge < -0.3 is 5.73 Å². The van der Waals surface area contributed by atoms with Crippen molar-refractivity contribution in [1.82, 2.24) is 9.78 Å². The van der Waals surface area contributed by atoms with Gasteiger partial charge in [0, 0.05) is 6.54 Å². The molecule has 0 aromatic carbocycles. The number of nitrogens with two attached hydrogens (primary N) is 1. The van der Waals surface area contributed by atoms with Gasteiger partial charge in [-0.15, -0.1) is 0 Å². The van der Waals surface area contributed by atoms with E-state index in [4.69, 9.17) is 5.73 Å². The van der Waals surface area contributed by atoms with Gasteiger partial charge in [0.05, 0.1) is 22.4 Å². The molecule has 3 unspecified atom stereocenters. The van der Waals surface area contributed by atoms with E-state index in [0.29, 0.717) is 10.8 Å². The molecule has 1 aromatic heterocycles. The minimum absolute atomic E-state index is 0.125. The van der Waals surface area contributed by atoms with Crippen molar-refractivity contribution in [3.8, 4) is 0 Å². The summed E-state index contributed by atoms with van der Waals surface area (Å²) in [6.45, 7) is 5.56. The minimum Gasteiger partial charge on any atom is -0.322 e. The summed E-state index contributed by atoms with van der Waals surface area (Å²) in [4.78, 5) is 0. The highest BCUT2D eigenvalue weighted by Gasteiger charge is 2.58. The van der Waals surface area contributed by atoms with Gasteiger partial charge in [-0.3, -0.25) is 4.68 Å².